The first-order valence-corrected chi connectivity index (χ1v) is 11.6. The number of rotatable bonds is 6. The van der Waals surface area contributed by atoms with Gasteiger partial charge in [0.1, 0.15) is 17.8 Å². The molecule has 1 N–H and O–H groups in total. The molecule has 1 aliphatic heterocycles. The summed E-state index contributed by atoms with van der Waals surface area (Å²) in [6, 6.07) is 16.0. The molecule has 0 radical (unpaired) electrons. The summed E-state index contributed by atoms with van der Waals surface area (Å²) in [6.07, 6.45) is 4.47. The van der Waals surface area contributed by atoms with E-state index in [1.807, 2.05) is 53.1 Å². The van der Waals surface area contributed by atoms with E-state index in [0.717, 1.165) is 42.5 Å². The van der Waals surface area contributed by atoms with E-state index in [0.29, 0.717) is 35.3 Å². The minimum atomic E-state index is 0.0395. The van der Waals surface area contributed by atoms with Crippen molar-refractivity contribution in [2.75, 3.05) is 20.1 Å². The number of hydrogen-bond donors (Lipinski definition) is 1. The second-order valence-electron chi connectivity index (χ2n) is 8.52. The van der Waals surface area contributed by atoms with Crippen LogP contribution in [0.2, 0.25) is 5.02 Å². The Labute approximate surface area is 197 Å². The van der Waals surface area contributed by atoms with Gasteiger partial charge in [0.2, 0.25) is 5.91 Å². The van der Waals surface area contributed by atoms with Crippen LogP contribution in [-0.4, -0.2) is 51.5 Å². The maximum atomic E-state index is 12.6. The van der Waals surface area contributed by atoms with E-state index in [1.54, 1.807) is 6.33 Å². The summed E-state index contributed by atoms with van der Waals surface area (Å²) in [5.74, 6) is 0.710. The summed E-state index contributed by atoms with van der Waals surface area (Å²) in [6.45, 7) is 2.02. The number of para-hydroxylation sites is 2. The highest BCUT2D eigenvalue weighted by Gasteiger charge is 2.21. The molecule has 1 amide bonds. The van der Waals surface area contributed by atoms with Gasteiger partial charge in [-0.25, -0.2) is 4.98 Å². The third-order valence-corrected chi connectivity index (χ3v) is 6.38. The third kappa shape index (κ3) is 4.79. The highest BCUT2D eigenvalue weighted by atomic mass is 35.5. The molecule has 1 aliphatic rings. The van der Waals surface area contributed by atoms with Gasteiger partial charge in [-0.1, -0.05) is 35.9 Å². The number of imidazole rings is 1. The van der Waals surface area contributed by atoms with Crippen molar-refractivity contribution in [3.63, 3.8) is 0 Å². The van der Waals surface area contributed by atoms with E-state index in [4.69, 9.17) is 21.0 Å². The summed E-state index contributed by atoms with van der Waals surface area (Å²) >= 11 is 6.08. The van der Waals surface area contributed by atoms with Gasteiger partial charge in [0.15, 0.2) is 0 Å². The monoisotopic (exact) mass is 463 g/mol. The average molecular weight is 464 g/mol. The van der Waals surface area contributed by atoms with E-state index in [9.17, 15) is 4.79 Å². The molecule has 0 unspecified atom stereocenters. The molecular formula is C25H26ClN5O2. The number of oxazole rings is 1. The number of nitrogens with zero attached hydrogens (tertiary/aromatic N) is 4. The quantitative estimate of drug-likeness (QED) is 0.456. The van der Waals surface area contributed by atoms with Crippen molar-refractivity contribution >= 4 is 28.5 Å². The minimum Gasteiger partial charge on any atom is -0.427 e. The lowest BCUT2D eigenvalue weighted by Crippen LogP contribution is -2.43. The number of amides is 1. The Kier molecular flexibility index (Phi) is 6.15. The normalized spacial score (nSPS) is 15.2. The second-order valence-corrected chi connectivity index (χ2v) is 8.96. The molecule has 4 aromatic rings. The molecule has 33 heavy (non-hydrogen) atoms. The molecule has 0 bridgehead atoms. The zero-order valence-corrected chi connectivity index (χ0v) is 19.3. The molecule has 0 spiro atoms. The molecule has 8 heteroatoms. The van der Waals surface area contributed by atoms with Crippen LogP contribution in [-0.2, 0) is 11.2 Å². The van der Waals surface area contributed by atoms with E-state index in [2.05, 4.69) is 22.2 Å². The van der Waals surface area contributed by atoms with E-state index >= 15 is 0 Å². The fourth-order valence-corrected chi connectivity index (χ4v) is 4.36. The number of likely N-dealkylation sites (tertiary alicyclic amines) is 1. The van der Waals surface area contributed by atoms with Crippen LogP contribution in [0.5, 0.6) is 0 Å². The number of fused-ring (bicyclic) bond motifs is 1. The summed E-state index contributed by atoms with van der Waals surface area (Å²) in [5, 5.41) is 3.83. The first-order valence-electron chi connectivity index (χ1n) is 11.2. The Balaban J connectivity index is 1.39. The Hall–Kier alpha value is -3.16. The van der Waals surface area contributed by atoms with Crippen molar-refractivity contribution in [2.45, 2.75) is 31.7 Å². The van der Waals surface area contributed by atoms with Crippen LogP contribution in [0.15, 0.2) is 59.3 Å². The van der Waals surface area contributed by atoms with Gasteiger partial charge < -0.3 is 14.6 Å². The van der Waals surface area contributed by atoms with Crippen LogP contribution >= 0.6 is 11.6 Å². The molecule has 1 fully saturated rings. The molecule has 5 rings (SSSR count). The number of piperidine rings is 1. The number of hydrogen-bond acceptors (Lipinski definition) is 5. The van der Waals surface area contributed by atoms with Crippen molar-refractivity contribution in [1.82, 2.24) is 24.8 Å². The Morgan fingerprint density at radius 2 is 1.91 bits per heavy atom. The summed E-state index contributed by atoms with van der Waals surface area (Å²) < 4.78 is 8.03. The van der Waals surface area contributed by atoms with Crippen molar-refractivity contribution in [3.05, 3.63) is 65.6 Å². The van der Waals surface area contributed by atoms with E-state index in [1.165, 1.54) is 0 Å². The van der Waals surface area contributed by atoms with Crippen molar-refractivity contribution in [1.29, 1.82) is 0 Å². The van der Waals surface area contributed by atoms with Crippen LogP contribution in [0.3, 0.4) is 0 Å². The predicted octanol–water partition coefficient (Wildman–Crippen LogP) is 4.48. The summed E-state index contributed by atoms with van der Waals surface area (Å²) in [7, 11) is 2.11. The maximum Gasteiger partial charge on any atom is 0.308 e. The van der Waals surface area contributed by atoms with Gasteiger partial charge in [0, 0.05) is 29.5 Å². The molecule has 0 aliphatic carbocycles. The number of nitrogens with one attached hydrogen (secondary N) is 1. The van der Waals surface area contributed by atoms with Crippen LogP contribution in [0.1, 0.15) is 25.0 Å². The largest absolute Gasteiger partial charge is 0.427 e. The van der Waals surface area contributed by atoms with Crippen molar-refractivity contribution < 1.29 is 9.21 Å². The Morgan fingerprint density at radius 1 is 1.15 bits per heavy atom. The van der Waals surface area contributed by atoms with Gasteiger partial charge in [-0.15, -0.1) is 0 Å². The molecule has 2 aromatic heterocycles. The highest BCUT2D eigenvalue weighted by molar-refractivity contribution is 6.30. The molecule has 170 valence electrons. The second kappa shape index (κ2) is 9.37. The molecule has 0 saturated carbocycles. The van der Waals surface area contributed by atoms with Crippen molar-refractivity contribution in [3.8, 4) is 17.3 Å². The Morgan fingerprint density at radius 3 is 2.70 bits per heavy atom. The van der Waals surface area contributed by atoms with Gasteiger partial charge in [0.25, 0.3) is 0 Å². The zero-order valence-electron chi connectivity index (χ0n) is 18.5. The predicted molar refractivity (Wildman–Crippen MR) is 129 cm³/mol. The molecule has 2 aromatic carbocycles. The zero-order chi connectivity index (χ0) is 22.8. The van der Waals surface area contributed by atoms with Crippen LogP contribution in [0.25, 0.3) is 28.3 Å². The first-order chi connectivity index (χ1) is 16.1. The Bertz CT molecular complexity index is 1260. The van der Waals surface area contributed by atoms with Crippen LogP contribution in [0.4, 0.5) is 0 Å². The highest BCUT2D eigenvalue weighted by Crippen LogP contribution is 2.29. The van der Waals surface area contributed by atoms with Gasteiger partial charge >= 0.3 is 6.01 Å². The lowest BCUT2D eigenvalue weighted by molar-refractivity contribution is -0.122. The average Bonchev–Trinajstić information content (AvgIpc) is 3.44. The van der Waals surface area contributed by atoms with E-state index < -0.39 is 0 Å². The number of aromatic nitrogens is 3. The number of benzene rings is 2. The minimum absolute atomic E-state index is 0.0395. The van der Waals surface area contributed by atoms with Gasteiger partial charge in [-0.05, 0) is 57.2 Å². The molecule has 7 nitrogen and oxygen atoms in total. The maximum absolute atomic E-state index is 12.6. The molecular weight excluding hydrogens is 438 g/mol. The molecule has 0 atom stereocenters. The number of aryl methyl sites for hydroxylation is 1. The standard InChI is InChI=1S/C25H26ClN5O2/c1-30-14-12-19(13-15-30)28-23(32)11-10-22-24(17-6-8-18(26)9-7-17)29-25(33-22)31-16-27-20-4-2-3-5-21(20)31/h2-9,16,19H,10-15H2,1H3,(H,28,32). The first kappa shape index (κ1) is 21.7. The van der Waals surface area contributed by atoms with Crippen LogP contribution in [0, 0.1) is 0 Å². The smallest absolute Gasteiger partial charge is 0.308 e. The summed E-state index contributed by atoms with van der Waals surface area (Å²) in [4.78, 5) is 24.2. The van der Waals surface area contributed by atoms with Gasteiger partial charge in [-0.3, -0.25) is 9.36 Å². The molecule has 1 saturated heterocycles. The van der Waals surface area contributed by atoms with Gasteiger partial charge in [-0.2, -0.15) is 4.98 Å². The van der Waals surface area contributed by atoms with E-state index in [-0.39, 0.29) is 11.9 Å². The number of carbonyl (C=O) groups is 1. The number of halogens is 1. The van der Waals surface area contributed by atoms with Crippen molar-refractivity contribution in [2.24, 2.45) is 0 Å². The number of carbonyl (C=O) groups excluding carboxylic acids is 1. The lowest BCUT2D eigenvalue weighted by Gasteiger charge is -2.29. The van der Waals surface area contributed by atoms with Gasteiger partial charge in [0.05, 0.1) is 11.0 Å². The van der Waals surface area contributed by atoms with Crippen LogP contribution < -0.4 is 5.32 Å². The third-order valence-electron chi connectivity index (χ3n) is 6.13. The fraction of sp³-hybridized carbons (Fsp3) is 0.320. The molecule has 3 heterocycles. The lowest BCUT2D eigenvalue weighted by atomic mass is 10.0. The SMILES string of the molecule is CN1CCC(NC(=O)CCc2oc(-n3cnc4ccccc43)nc2-c2ccc(Cl)cc2)CC1. The summed E-state index contributed by atoms with van der Waals surface area (Å²) in [5.41, 5.74) is 3.38. The fourth-order valence-electron chi connectivity index (χ4n) is 4.24. The topological polar surface area (TPSA) is 76.2 Å².